The van der Waals surface area contributed by atoms with Crippen molar-refractivity contribution in [3.05, 3.63) is 29.3 Å². The molecule has 2 fully saturated rings. The molecular weight excluding hydrogens is 320 g/mol. The number of aliphatic carboxylic acids is 1. The standard InChI is InChI=1S/C19H26N2O4/c1-12(2)20-16-5-4-13(3)8-15(16)17(22)21-9-14-6-7-25-11-19(14,10-21)18(23)24/h4-5,8,12,14,20H,6-7,9-11H2,1-3H3,(H,23,24)/t14-,19+/m0/s1. The first-order chi connectivity index (χ1) is 11.8. The van der Waals surface area contributed by atoms with Crippen LogP contribution in [0.5, 0.6) is 0 Å². The third-order valence-corrected chi connectivity index (χ3v) is 5.23. The van der Waals surface area contributed by atoms with Crippen molar-refractivity contribution >= 4 is 17.6 Å². The van der Waals surface area contributed by atoms with Crippen LogP contribution in [0.15, 0.2) is 18.2 Å². The first-order valence-corrected chi connectivity index (χ1v) is 8.81. The Kier molecular flexibility index (Phi) is 4.73. The number of carbonyl (C=O) groups excluding carboxylic acids is 1. The molecule has 1 aromatic rings. The molecule has 0 saturated carbocycles. The zero-order chi connectivity index (χ0) is 18.2. The number of hydrogen-bond donors (Lipinski definition) is 2. The van der Waals surface area contributed by atoms with E-state index in [1.807, 2.05) is 39.0 Å². The van der Waals surface area contributed by atoms with Crippen LogP contribution in [0.1, 0.15) is 36.2 Å². The van der Waals surface area contributed by atoms with Crippen molar-refractivity contribution in [2.24, 2.45) is 11.3 Å². The van der Waals surface area contributed by atoms with E-state index < -0.39 is 11.4 Å². The molecule has 0 spiro atoms. The van der Waals surface area contributed by atoms with Crippen molar-refractivity contribution in [3.63, 3.8) is 0 Å². The number of amides is 1. The summed E-state index contributed by atoms with van der Waals surface area (Å²) in [4.78, 5) is 26.7. The van der Waals surface area contributed by atoms with Crippen LogP contribution in [0.25, 0.3) is 0 Å². The van der Waals surface area contributed by atoms with Crippen LogP contribution in [-0.4, -0.2) is 54.2 Å². The van der Waals surface area contributed by atoms with E-state index >= 15 is 0 Å². The van der Waals surface area contributed by atoms with Gasteiger partial charge in [-0.2, -0.15) is 0 Å². The zero-order valence-electron chi connectivity index (χ0n) is 15.0. The molecule has 6 nitrogen and oxygen atoms in total. The number of carboxylic acid groups (broad SMARTS) is 1. The van der Waals surface area contributed by atoms with Gasteiger partial charge in [-0.15, -0.1) is 0 Å². The average Bonchev–Trinajstić information content (AvgIpc) is 2.96. The fourth-order valence-electron chi connectivity index (χ4n) is 3.89. The molecule has 1 aromatic carbocycles. The Hall–Kier alpha value is -2.08. The number of anilines is 1. The molecule has 3 rings (SSSR count). The maximum Gasteiger partial charge on any atom is 0.314 e. The van der Waals surface area contributed by atoms with Gasteiger partial charge >= 0.3 is 5.97 Å². The average molecular weight is 346 g/mol. The maximum atomic E-state index is 13.2. The van der Waals surface area contributed by atoms with E-state index in [0.29, 0.717) is 25.1 Å². The molecule has 25 heavy (non-hydrogen) atoms. The molecule has 0 unspecified atom stereocenters. The number of aryl methyl sites for hydroxylation is 1. The van der Waals surface area contributed by atoms with Crippen molar-refractivity contribution in [2.45, 2.75) is 33.2 Å². The van der Waals surface area contributed by atoms with Crippen LogP contribution in [0, 0.1) is 18.3 Å². The van der Waals surface area contributed by atoms with Crippen molar-refractivity contribution in [2.75, 3.05) is 31.6 Å². The van der Waals surface area contributed by atoms with Crippen LogP contribution in [-0.2, 0) is 9.53 Å². The van der Waals surface area contributed by atoms with Crippen molar-refractivity contribution in [3.8, 4) is 0 Å². The second kappa shape index (κ2) is 6.67. The molecule has 2 atom stereocenters. The van der Waals surface area contributed by atoms with Gasteiger partial charge in [0.05, 0.1) is 12.2 Å². The van der Waals surface area contributed by atoms with Crippen molar-refractivity contribution in [1.82, 2.24) is 4.90 Å². The molecule has 2 aliphatic rings. The summed E-state index contributed by atoms with van der Waals surface area (Å²) in [6, 6.07) is 5.97. The highest BCUT2D eigenvalue weighted by Crippen LogP contribution is 2.42. The maximum absolute atomic E-state index is 13.2. The van der Waals surface area contributed by atoms with E-state index in [1.165, 1.54) is 0 Å². The van der Waals surface area contributed by atoms with E-state index in [-0.39, 0.29) is 31.0 Å². The smallest absolute Gasteiger partial charge is 0.314 e. The molecule has 0 aromatic heterocycles. The van der Waals surface area contributed by atoms with E-state index in [9.17, 15) is 14.7 Å². The minimum absolute atomic E-state index is 0.0472. The lowest BCUT2D eigenvalue weighted by molar-refractivity contribution is -0.159. The lowest BCUT2D eigenvalue weighted by atomic mass is 9.76. The molecule has 0 aliphatic carbocycles. The molecule has 2 N–H and O–H groups in total. The van der Waals surface area contributed by atoms with E-state index in [4.69, 9.17) is 4.74 Å². The SMILES string of the molecule is Cc1ccc(NC(C)C)c(C(=O)N2C[C@@H]3CCOC[C@]3(C(=O)O)C2)c1. The van der Waals surface area contributed by atoms with Gasteiger partial charge in [0.25, 0.3) is 5.91 Å². The molecule has 2 saturated heterocycles. The number of hydrogen-bond acceptors (Lipinski definition) is 4. The number of nitrogens with zero attached hydrogens (tertiary/aromatic N) is 1. The van der Waals surface area contributed by atoms with E-state index in [0.717, 1.165) is 11.3 Å². The zero-order valence-corrected chi connectivity index (χ0v) is 15.0. The highest BCUT2D eigenvalue weighted by molar-refractivity contribution is 6.00. The largest absolute Gasteiger partial charge is 0.481 e. The number of ether oxygens (including phenoxy) is 1. The Morgan fingerprint density at radius 2 is 2.16 bits per heavy atom. The minimum atomic E-state index is -0.969. The van der Waals surface area contributed by atoms with Crippen LogP contribution in [0.4, 0.5) is 5.69 Å². The molecule has 136 valence electrons. The third-order valence-electron chi connectivity index (χ3n) is 5.23. The van der Waals surface area contributed by atoms with Gasteiger partial charge in [-0.3, -0.25) is 9.59 Å². The quantitative estimate of drug-likeness (QED) is 0.875. The van der Waals surface area contributed by atoms with Gasteiger partial charge in [-0.05, 0) is 45.2 Å². The number of benzene rings is 1. The number of likely N-dealkylation sites (tertiary alicyclic amines) is 1. The first kappa shape index (κ1) is 17.7. The summed E-state index contributed by atoms with van der Waals surface area (Å²) >= 11 is 0. The van der Waals surface area contributed by atoms with Gasteiger partial charge < -0.3 is 20.1 Å². The molecular formula is C19H26N2O4. The summed E-state index contributed by atoms with van der Waals surface area (Å²) in [7, 11) is 0. The van der Waals surface area contributed by atoms with Gasteiger partial charge in [0.2, 0.25) is 0 Å². The van der Waals surface area contributed by atoms with E-state index in [2.05, 4.69) is 5.32 Å². The number of rotatable bonds is 4. The van der Waals surface area contributed by atoms with Crippen LogP contribution in [0.3, 0.4) is 0 Å². The first-order valence-electron chi connectivity index (χ1n) is 8.81. The van der Waals surface area contributed by atoms with Crippen LogP contribution < -0.4 is 5.32 Å². The lowest BCUT2D eigenvalue weighted by Crippen LogP contribution is -2.46. The number of fused-ring (bicyclic) bond motifs is 1. The normalized spacial score (nSPS) is 25.8. The fraction of sp³-hybridized carbons (Fsp3) is 0.579. The Morgan fingerprint density at radius 3 is 2.80 bits per heavy atom. The number of nitrogens with one attached hydrogen (secondary N) is 1. The lowest BCUT2D eigenvalue weighted by Gasteiger charge is -2.33. The van der Waals surface area contributed by atoms with Crippen LogP contribution in [0.2, 0.25) is 0 Å². The van der Waals surface area contributed by atoms with Gasteiger partial charge in [0.1, 0.15) is 5.41 Å². The number of carboxylic acids is 1. The summed E-state index contributed by atoms with van der Waals surface area (Å²) in [6.45, 7) is 7.43. The van der Waals surface area contributed by atoms with Gasteiger partial charge in [-0.25, -0.2) is 0 Å². The summed E-state index contributed by atoms with van der Waals surface area (Å²) in [5, 5.41) is 13.1. The summed E-state index contributed by atoms with van der Waals surface area (Å²) in [5.74, 6) is -1.02. The van der Waals surface area contributed by atoms with Gasteiger partial charge in [-0.1, -0.05) is 11.6 Å². The Bertz CT molecular complexity index is 688. The summed E-state index contributed by atoms with van der Waals surface area (Å²) in [5.41, 5.74) is 1.43. The predicted molar refractivity (Wildman–Crippen MR) is 94.8 cm³/mol. The Labute approximate surface area is 148 Å². The third kappa shape index (κ3) is 3.23. The Morgan fingerprint density at radius 1 is 1.40 bits per heavy atom. The molecule has 1 amide bonds. The number of carbonyl (C=O) groups is 2. The van der Waals surface area contributed by atoms with Gasteiger partial charge in [0.15, 0.2) is 0 Å². The second-order valence-electron chi connectivity index (χ2n) is 7.53. The molecule has 2 heterocycles. The topological polar surface area (TPSA) is 78.9 Å². The van der Waals surface area contributed by atoms with Crippen molar-refractivity contribution in [1.29, 1.82) is 0 Å². The predicted octanol–water partition coefficient (Wildman–Crippen LogP) is 2.38. The Balaban J connectivity index is 1.89. The molecule has 0 bridgehead atoms. The fourth-order valence-corrected chi connectivity index (χ4v) is 3.89. The molecule has 0 radical (unpaired) electrons. The van der Waals surface area contributed by atoms with Gasteiger partial charge in [0, 0.05) is 31.4 Å². The van der Waals surface area contributed by atoms with Crippen LogP contribution >= 0.6 is 0 Å². The molecule has 6 heteroatoms. The van der Waals surface area contributed by atoms with E-state index in [1.54, 1.807) is 4.90 Å². The monoisotopic (exact) mass is 346 g/mol. The minimum Gasteiger partial charge on any atom is -0.481 e. The summed E-state index contributed by atoms with van der Waals surface area (Å²) in [6.07, 6.45) is 0.682. The highest BCUT2D eigenvalue weighted by atomic mass is 16.5. The highest BCUT2D eigenvalue weighted by Gasteiger charge is 2.55. The summed E-state index contributed by atoms with van der Waals surface area (Å²) < 4.78 is 5.45. The molecule has 2 aliphatic heterocycles. The second-order valence-corrected chi connectivity index (χ2v) is 7.53. The van der Waals surface area contributed by atoms with Crippen molar-refractivity contribution < 1.29 is 19.4 Å².